The molecule has 0 aromatic heterocycles. The largest absolute Gasteiger partial charge is 0.303 e. The highest BCUT2D eigenvalue weighted by atomic mass is 15.2. The molecule has 52 valence electrons. The average molecular weight is 125 g/mol. The summed E-state index contributed by atoms with van der Waals surface area (Å²) in [5, 5.41) is 0. The van der Waals surface area contributed by atoms with Gasteiger partial charge in [0.2, 0.25) is 0 Å². The number of hydrogen-bond acceptors (Lipinski definition) is 1. The van der Waals surface area contributed by atoms with Crippen LogP contribution >= 0.6 is 0 Å². The third-order valence-electron chi connectivity index (χ3n) is 3.40. The molecule has 0 aromatic rings. The number of likely N-dealkylation sites (tertiary alicyclic amines) is 1. The Kier molecular flexibility index (Phi) is 0.963. The molecular weight excluding hydrogens is 110 g/mol. The Morgan fingerprint density at radius 1 is 1.33 bits per heavy atom. The molecular formula is C8H15N. The summed E-state index contributed by atoms with van der Waals surface area (Å²) in [6.07, 6.45) is 4.46. The van der Waals surface area contributed by atoms with Crippen LogP contribution in [-0.4, -0.2) is 24.5 Å². The van der Waals surface area contributed by atoms with Crippen molar-refractivity contribution in [2.45, 2.75) is 32.2 Å². The highest BCUT2D eigenvalue weighted by molar-refractivity contribution is 5.05. The second kappa shape index (κ2) is 1.51. The van der Waals surface area contributed by atoms with Gasteiger partial charge in [-0.1, -0.05) is 0 Å². The first-order chi connectivity index (χ1) is 4.25. The van der Waals surface area contributed by atoms with E-state index in [1.165, 1.54) is 25.8 Å². The maximum atomic E-state index is 2.49. The van der Waals surface area contributed by atoms with Gasteiger partial charge in [-0.15, -0.1) is 0 Å². The van der Waals surface area contributed by atoms with E-state index < -0.39 is 0 Å². The highest BCUT2D eigenvalue weighted by Crippen LogP contribution is 2.56. The molecule has 1 atom stereocenters. The Bertz CT molecular complexity index is 127. The summed E-state index contributed by atoms with van der Waals surface area (Å²) < 4.78 is 0. The Hall–Kier alpha value is -0.0400. The zero-order valence-corrected chi connectivity index (χ0v) is 6.35. The number of hydrogen-bond donors (Lipinski definition) is 0. The van der Waals surface area contributed by atoms with Crippen LogP contribution in [0.3, 0.4) is 0 Å². The van der Waals surface area contributed by atoms with Gasteiger partial charge in [-0.05, 0) is 45.2 Å². The first kappa shape index (κ1) is 5.72. The summed E-state index contributed by atoms with van der Waals surface area (Å²) in [5.74, 6) is 0. The van der Waals surface area contributed by atoms with E-state index >= 15 is 0 Å². The molecule has 1 spiro atoms. The van der Waals surface area contributed by atoms with E-state index in [2.05, 4.69) is 18.9 Å². The summed E-state index contributed by atoms with van der Waals surface area (Å²) >= 11 is 0. The average Bonchev–Trinajstić information content (AvgIpc) is 2.57. The van der Waals surface area contributed by atoms with E-state index in [1.807, 2.05) is 0 Å². The minimum absolute atomic E-state index is 0.800. The van der Waals surface area contributed by atoms with Crippen molar-refractivity contribution in [3.8, 4) is 0 Å². The molecule has 1 heterocycles. The lowest BCUT2D eigenvalue weighted by molar-refractivity contribution is 0.282. The van der Waals surface area contributed by atoms with Crippen LogP contribution in [0.15, 0.2) is 0 Å². The normalized spacial score (nSPS) is 40.0. The second-order valence-electron chi connectivity index (χ2n) is 3.77. The van der Waals surface area contributed by atoms with Crippen LogP contribution in [0.5, 0.6) is 0 Å². The fourth-order valence-corrected chi connectivity index (χ4v) is 2.10. The van der Waals surface area contributed by atoms with E-state index in [9.17, 15) is 0 Å². The van der Waals surface area contributed by atoms with Gasteiger partial charge in [-0.2, -0.15) is 0 Å². The Morgan fingerprint density at radius 2 is 2.00 bits per heavy atom. The zero-order valence-electron chi connectivity index (χ0n) is 6.35. The molecule has 2 fully saturated rings. The fraction of sp³-hybridized carbons (Fsp3) is 1.00. The Balaban J connectivity index is 2.13. The molecule has 1 saturated carbocycles. The molecule has 0 amide bonds. The molecule has 1 unspecified atom stereocenters. The third kappa shape index (κ3) is 0.644. The minimum Gasteiger partial charge on any atom is -0.303 e. The van der Waals surface area contributed by atoms with Gasteiger partial charge >= 0.3 is 0 Å². The van der Waals surface area contributed by atoms with Crippen molar-refractivity contribution >= 4 is 0 Å². The Morgan fingerprint density at radius 3 is 2.22 bits per heavy atom. The second-order valence-corrected chi connectivity index (χ2v) is 3.77. The summed E-state index contributed by atoms with van der Waals surface area (Å²) in [4.78, 5) is 2.49. The predicted molar refractivity (Wildman–Crippen MR) is 38.4 cm³/mol. The van der Waals surface area contributed by atoms with Crippen LogP contribution in [0.4, 0.5) is 0 Å². The summed E-state index contributed by atoms with van der Waals surface area (Å²) in [7, 11) is 2.25. The van der Waals surface area contributed by atoms with E-state index in [0.717, 1.165) is 11.5 Å². The SMILES string of the molecule is CC1N(C)CCC12CC2. The van der Waals surface area contributed by atoms with Gasteiger partial charge in [0.15, 0.2) is 0 Å². The quantitative estimate of drug-likeness (QED) is 0.474. The summed E-state index contributed by atoms with van der Waals surface area (Å²) in [6, 6.07) is 0.873. The van der Waals surface area contributed by atoms with Crippen LogP contribution in [0, 0.1) is 5.41 Å². The van der Waals surface area contributed by atoms with Gasteiger partial charge in [0.25, 0.3) is 0 Å². The molecule has 1 saturated heterocycles. The van der Waals surface area contributed by atoms with Gasteiger partial charge in [0.1, 0.15) is 0 Å². The molecule has 1 aliphatic carbocycles. The smallest absolute Gasteiger partial charge is 0.0121 e. The minimum atomic E-state index is 0.800. The van der Waals surface area contributed by atoms with Crippen molar-refractivity contribution in [2.75, 3.05) is 13.6 Å². The van der Waals surface area contributed by atoms with Crippen molar-refractivity contribution in [3.63, 3.8) is 0 Å². The van der Waals surface area contributed by atoms with E-state index in [-0.39, 0.29) is 0 Å². The topological polar surface area (TPSA) is 3.24 Å². The molecule has 0 bridgehead atoms. The highest BCUT2D eigenvalue weighted by Gasteiger charge is 2.51. The van der Waals surface area contributed by atoms with Gasteiger partial charge in [0.05, 0.1) is 0 Å². The third-order valence-corrected chi connectivity index (χ3v) is 3.40. The fourth-order valence-electron chi connectivity index (χ4n) is 2.10. The molecule has 0 N–H and O–H groups in total. The van der Waals surface area contributed by atoms with Gasteiger partial charge in [0, 0.05) is 6.04 Å². The van der Waals surface area contributed by atoms with Crippen molar-refractivity contribution in [1.82, 2.24) is 4.90 Å². The molecule has 0 aromatic carbocycles. The van der Waals surface area contributed by atoms with Crippen LogP contribution in [0.1, 0.15) is 26.2 Å². The van der Waals surface area contributed by atoms with Crippen LogP contribution in [0.25, 0.3) is 0 Å². The summed E-state index contributed by atoms with van der Waals surface area (Å²) in [5.41, 5.74) is 0.800. The maximum Gasteiger partial charge on any atom is 0.0121 e. The first-order valence-electron chi connectivity index (χ1n) is 3.95. The lowest BCUT2D eigenvalue weighted by atomic mass is 9.99. The Labute approximate surface area is 57.0 Å². The summed E-state index contributed by atoms with van der Waals surface area (Å²) in [6.45, 7) is 3.71. The van der Waals surface area contributed by atoms with Crippen molar-refractivity contribution in [3.05, 3.63) is 0 Å². The van der Waals surface area contributed by atoms with E-state index in [4.69, 9.17) is 0 Å². The lowest BCUT2D eigenvalue weighted by Crippen LogP contribution is -2.26. The van der Waals surface area contributed by atoms with Crippen LogP contribution < -0.4 is 0 Å². The van der Waals surface area contributed by atoms with E-state index in [1.54, 1.807) is 0 Å². The van der Waals surface area contributed by atoms with Gasteiger partial charge in [-0.3, -0.25) is 0 Å². The predicted octanol–water partition coefficient (Wildman–Crippen LogP) is 1.49. The molecule has 1 nitrogen and oxygen atoms in total. The van der Waals surface area contributed by atoms with Crippen molar-refractivity contribution < 1.29 is 0 Å². The van der Waals surface area contributed by atoms with Crippen molar-refractivity contribution in [2.24, 2.45) is 5.41 Å². The van der Waals surface area contributed by atoms with Crippen molar-refractivity contribution in [1.29, 1.82) is 0 Å². The van der Waals surface area contributed by atoms with Gasteiger partial charge in [-0.25, -0.2) is 0 Å². The van der Waals surface area contributed by atoms with Crippen LogP contribution in [-0.2, 0) is 0 Å². The van der Waals surface area contributed by atoms with Gasteiger partial charge < -0.3 is 4.90 Å². The monoisotopic (exact) mass is 125 g/mol. The number of nitrogens with zero attached hydrogens (tertiary/aromatic N) is 1. The molecule has 1 heteroatoms. The molecule has 9 heavy (non-hydrogen) atoms. The molecule has 2 rings (SSSR count). The maximum absolute atomic E-state index is 2.49. The molecule has 0 radical (unpaired) electrons. The first-order valence-corrected chi connectivity index (χ1v) is 3.95. The molecule has 1 aliphatic heterocycles. The standard InChI is InChI=1S/C8H15N/c1-7-8(3-4-8)5-6-9(7)2/h7H,3-6H2,1-2H3. The lowest BCUT2D eigenvalue weighted by Gasteiger charge is -2.18. The zero-order chi connectivity index (χ0) is 6.48. The van der Waals surface area contributed by atoms with E-state index in [0.29, 0.717) is 0 Å². The van der Waals surface area contributed by atoms with Crippen LogP contribution in [0.2, 0.25) is 0 Å². The molecule has 2 aliphatic rings. The number of rotatable bonds is 0.